The van der Waals surface area contributed by atoms with E-state index in [1.165, 1.54) is 25.7 Å². The van der Waals surface area contributed by atoms with Crippen molar-refractivity contribution >= 4 is 17.8 Å². The van der Waals surface area contributed by atoms with E-state index in [4.69, 9.17) is 9.72 Å². The van der Waals surface area contributed by atoms with Crippen molar-refractivity contribution in [1.82, 2.24) is 14.9 Å². The molecule has 0 bridgehead atoms. The molecule has 5 aliphatic carbocycles. The zero-order valence-corrected chi connectivity index (χ0v) is 34.0. The van der Waals surface area contributed by atoms with E-state index in [0.717, 1.165) is 81.4 Å². The van der Waals surface area contributed by atoms with Crippen LogP contribution in [0.2, 0.25) is 0 Å². The molecule has 1 aromatic carbocycles. The van der Waals surface area contributed by atoms with Gasteiger partial charge < -0.3 is 19.7 Å². The van der Waals surface area contributed by atoms with Gasteiger partial charge in [-0.3, -0.25) is 14.4 Å². The third-order valence-electron chi connectivity index (χ3n) is 17.7. The number of fused-ring (bicyclic) bond motifs is 7. The summed E-state index contributed by atoms with van der Waals surface area (Å²) in [5.74, 6) is 1.97. The lowest BCUT2D eigenvalue weighted by Gasteiger charge is -2.72. The summed E-state index contributed by atoms with van der Waals surface area (Å²) in [6.07, 6.45) is 15.6. The number of rotatable bonds is 7. The Kier molecular flexibility index (Phi) is 9.05. The van der Waals surface area contributed by atoms with Crippen LogP contribution in [0.5, 0.6) is 0 Å². The number of carboxylic acid groups (broad SMARTS) is 1. The lowest BCUT2D eigenvalue weighted by Crippen LogP contribution is -2.67. The highest BCUT2D eigenvalue weighted by Gasteiger charge is 2.71. The number of nitrogens with one attached hydrogen (secondary N) is 1. The minimum Gasteiger partial charge on any atom is -0.481 e. The number of hydrogen-bond donors (Lipinski definition) is 2. The number of imidazole rings is 1. The molecule has 1 saturated heterocycles. The lowest BCUT2D eigenvalue weighted by molar-refractivity contribution is -0.248. The molecule has 4 unspecified atom stereocenters. The van der Waals surface area contributed by atoms with Gasteiger partial charge in [-0.05, 0) is 136 Å². The zero-order chi connectivity index (χ0) is 38.5. The van der Waals surface area contributed by atoms with Gasteiger partial charge in [0.2, 0.25) is 5.91 Å². The van der Waals surface area contributed by atoms with E-state index in [0.29, 0.717) is 29.6 Å². The number of carbonyl (C=O) groups excluding carboxylic acids is 2. The fraction of sp³-hybridized carbons (Fsp3) is 0.739. The zero-order valence-electron chi connectivity index (χ0n) is 34.0. The van der Waals surface area contributed by atoms with Crippen molar-refractivity contribution in [3.8, 4) is 11.3 Å². The van der Waals surface area contributed by atoms with Crippen LogP contribution in [0.4, 0.5) is 0 Å². The summed E-state index contributed by atoms with van der Waals surface area (Å²) in [6.45, 7) is 16.5. The van der Waals surface area contributed by atoms with Crippen LogP contribution in [0.1, 0.15) is 150 Å². The Morgan fingerprint density at radius 2 is 1.61 bits per heavy atom. The second kappa shape index (κ2) is 12.9. The highest BCUT2D eigenvalue weighted by molar-refractivity contribution is 5.84. The first-order valence-electron chi connectivity index (χ1n) is 21.3. The van der Waals surface area contributed by atoms with Crippen LogP contribution >= 0.6 is 0 Å². The van der Waals surface area contributed by atoms with Crippen LogP contribution < -0.4 is 0 Å². The first-order valence-corrected chi connectivity index (χ1v) is 21.3. The fourth-order valence-electron chi connectivity index (χ4n) is 14.6. The van der Waals surface area contributed by atoms with E-state index >= 15 is 4.79 Å². The average molecular weight is 740 g/mol. The fourth-order valence-corrected chi connectivity index (χ4v) is 14.6. The summed E-state index contributed by atoms with van der Waals surface area (Å²) in [4.78, 5) is 50.7. The SMILES string of the molecule is CC(C)(CC(=O)O[C@H]1CC[C@@]2(C)C(CC[C@]3(C)C2CC[C@@H]2C4CCC[C@]4(C(=O)N4CCCC4c4ncc(-c5ccccc5)[nH]4)CC[C@]23C)C1(C)C)C(=O)O. The number of likely N-dealkylation sites (tertiary alicyclic amines) is 1. The smallest absolute Gasteiger partial charge is 0.309 e. The first kappa shape index (κ1) is 37.7. The molecule has 6 aliphatic rings. The summed E-state index contributed by atoms with van der Waals surface area (Å²) >= 11 is 0. The number of aromatic amines is 1. The maximum Gasteiger partial charge on any atom is 0.309 e. The Balaban J connectivity index is 1.01. The van der Waals surface area contributed by atoms with E-state index in [2.05, 4.69) is 68.8 Å². The number of carbonyl (C=O) groups is 3. The average Bonchev–Trinajstić information content (AvgIpc) is 3.90. The third-order valence-corrected chi connectivity index (χ3v) is 17.7. The molecular formula is C46H65N3O5. The molecule has 0 radical (unpaired) electrons. The molecule has 2 aromatic rings. The van der Waals surface area contributed by atoms with Gasteiger partial charge in [0.15, 0.2) is 0 Å². The van der Waals surface area contributed by atoms with Gasteiger partial charge in [0.25, 0.3) is 0 Å². The number of carboxylic acids is 1. The monoisotopic (exact) mass is 739 g/mol. The molecule has 6 fully saturated rings. The minimum atomic E-state index is -1.14. The minimum absolute atomic E-state index is 0.0174. The molecule has 8 heteroatoms. The van der Waals surface area contributed by atoms with E-state index in [-0.39, 0.29) is 45.6 Å². The van der Waals surface area contributed by atoms with Gasteiger partial charge in [-0.25, -0.2) is 4.98 Å². The van der Waals surface area contributed by atoms with Crippen molar-refractivity contribution in [1.29, 1.82) is 0 Å². The number of aromatic nitrogens is 2. The van der Waals surface area contributed by atoms with E-state index in [9.17, 15) is 14.7 Å². The van der Waals surface area contributed by atoms with Gasteiger partial charge in [-0.1, -0.05) is 71.4 Å². The topological polar surface area (TPSA) is 113 Å². The Bertz CT molecular complexity index is 1780. The Hall–Kier alpha value is -3.16. The Morgan fingerprint density at radius 3 is 2.35 bits per heavy atom. The molecule has 1 aromatic heterocycles. The standard InChI is InChI=1S/C46H65N3O5/c1-41(2,40(52)53)27-37(50)54-36-20-22-43(5)34(42(36,3)4)19-23-45(7)35(43)18-17-30-31-15-11-21-46(31,25-24-44(30,45)6)39(51)49-26-12-16-33(49)38-47-28-32(48-38)29-13-9-8-10-14-29/h8-10,13-14,28,30-31,33-36H,11-12,15-27H2,1-7H3,(H,47,48)(H,52,53)/t30-,31?,33?,34?,35?,36+,43+,44-,45-,46+/m1/s1. The second-order valence-electron chi connectivity index (χ2n) is 20.7. The summed E-state index contributed by atoms with van der Waals surface area (Å²) in [7, 11) is 0. The van der Waals surface area contributed by atoms with E-state index < -0.39 is 17.4 Å². The van der Waals surface area contributed by atoms with Gasteiger partial charge in [-0.2, -0.15) is 0 Å². The summed E-state index contributed by atoms with van der Waals surface area (Å²) in [5, 5.41) is 9.62. The molecule has 0 spiro atoms. The van der Waals surface area contributed by atoms with Gasteiger partial charge in [-0.15, -0.1) is 0 Å². The molecule has 1 amide bonds. The van der Waals surface area contributed by atoms with E-state index in [1.54, 1.807) is 13.8 Å². The molecule has 5 saturated carbocycles. The highest BCUT2D eigenvalue weighted by Crippen LogP contribution is 2.77. The molecule has 2 heterocycles. The van der Waals surface area contributed by atoms with Crippen LogP contribution in [0.3, 0.4) is 0 Å². The number of ether oxygens (including phenoxy) is 1. The Labute approximate surface area is 323 Å². The van der Waals surface area contributed by atoms with Crippen molar-refractivity contribution < 1.29 is 24.2 Å². The number of hydrogen-bond acceptors (Lipinski definition) is 5. The van der Waals surface area contributed by atoms with Crippen molar-refractivity contribution in [3.05, 3.63) is 42.4 Å². The highest BCUT2D eigenvalue weighted by atomic mass is 16.5. The molecule has 8 rings (SSSR count). The summed E-state index contributed by atoms with van der Waals surface area (Å²) < 4.78 is 6.19. The normalized spacial score (nSPS) is 39.9. The van der Waals surface area contributed by atoms with Crippen molar-refractivity contribution in [2.75, 3.05) is 6.54 Å². The number of benzene rings is 1. The van der Waals surface area contributed by atoms with Crippen LogP contribution in [0.15, 0.2) is 36.5 Å². The van der Waals surface area contributed by atoms with Crippen LogP contribution in [-0.4, -0.2) is 50.5 Å². The van der Waals surface area contributed by atoms with Gasteiger partial charge >= 0.3 is 11.9 Å². The largest absolute Gasteiger partial charge is 0.481 e. The third kappa shape index (κ3) is 5.48. The second-order valence-corrected chi connectivity index (χ2v) is 20.7. The number of amides is 1. The number of nitrogens with zero attached hydrogens (tertiary/aromatic N) is 2. The van der Waals surface area contributed by atoms with Gasteiger partial charge in [0.1, 0.15) is 11.9 Å². The number of H-pyrrole nitrogens is 1. The first-order chi connectivity index (χ1) is 25.5. The van der Waals surface area contributed by atoms with Crippen LogP contribution in [0, 0.1) is 56.2 Å². The number of aliphatic carboxylic acids is 1. The molecule has 54 heavy (non-hydrogen) atoms. The van der Waals surface area contributed by atoms with Crippen LogP contribution in [0.25, 0.3) is 11.3 Å². The maximum absolute atomic E-state index is 15.2. The molecule has 1 aliphatic heterocycles. The van der Waals surface area contributed by atoms with Gasteiger partial charge in [0, 0.05) is 12.0 Å². The molecule has 294 valence electrons. The van der Waals surface area contributed by atoms with Crippen molar-refractivity contribution in [3.63, 3.8) is 0 Å². The summed E-state index contributed by atoms with van der Waals surface area (Å²) in [5.41, 5.74) is 1.03. The molecular weight excluding hydrogens is 675 g/mol. The van der Waals surface area contributed by atoms with E-state index in [1.807, 2.05) is 12.3 Å². The van der Waals surface area contributed by atoms with Crippen LogP contribution in [-0.2, 0) is 19.1 Å². The molecule has 8 nitrogen and oxygen atoms in total. The molecule has 2 N–H and O–H groups in total. The summed E-state index contributed by atoms with van der Waals surface area (Å²) in [6, 6.07) is 10.4. The van der Waals surface area contributed by atoms with Crippen molar-refractivity contribution in [2.24, 2.45) is 56.2 Å². The van der Waals surface area contributed by atoms with Crippen molar-refractivity contribution in [2.45, 2.75) is 151 Å². The number of esters is 1. The predicted octanol–water partition coefficient (Wildman–Crippen LogP) is 10.0. The Morgan fingerprint density at radius 1 is 0.852 bits per heavy atom. The predicted molar refractivity (Wildman–Crippen MR) is 209 cm³/mol. The quantitative estimate of drug-likeness (QED) is 0.274. The van der Waals surface area contributed by atoms with Gasteiger partial charge in [0.05, 0.1) is 35.2 Å². The molecule has 10 atom stereocenters. The maximum atomic E-state index is 15.2. The lowest BCUT2D eigenvalue weighted by atomic mass is 9.32.